The van der Waals surface area contributed by atoms with Crippen LogP contribution in [0.5, 0.6) is 5.75 Å². The lowest BCUT2D eigenvalue weighted by Crippen LogP contribution is -2.31. The summed E-state index contributed by atoms with van der Waals surface area (Å²) < 4.78 is 16.6. The Morgan fingerprint density at radius 1 is 1.23 bits per heavy atom. The molecule has 0 bridgehead atoms. The van der Waals surface area contributed by atoms with Crippen LogP contribution < -0.4 is 9.64 Å². The summed E-state index contributed by atoms with van der Waals surface area (Å²) in [6.07, 6.45) is 4.42. The average molecular weight is 551 g/mol. The number of Topliss-reactive ketones (excluding diaryl/α,β-unsaturated/α-hetero) is 1. The maximum Gasteiger partial charge on any atom is 0.350 e. The van der Waals surface area contributed by atoms with Gasteiger partial charge in [-0.25, -0.2) is 9.78 Å². The molecule has 1 amide bonds. The second-order valence-corrected chi connectivity index (χ2v) is 9.98. The molecule has 1 unspecified atom stereocenters. The van der Waals surface area contributed by atoms with Gasteiger partial charge in [0.15, 0.2) is 16.7 Å². The van der Waals surface area contributed by atoms with Gasteiger partial charge in [0, 0.05) is 0 Å². The zero-order valence-corrected chi connectivity index (χ0v) is 22.9. The number of furan rings is 1. The monoisotopic (exact) mass is 550 g/mol. The van der Waals surface area contributed by atoms with E-state index in [2.05, 4.69) is 18.5 Å². The van der Waals surface area contributed by atoms with E-state index in [1.165, 1.54) is 17.0 Å². The zero-order chi connectivity index (χ0) is 28.1. The van der Waals surface area contributed by atoms with Crippen LogP contribution in [0.2, 0.25) is 0 Å². The van der Waals surface area contributed by atoms with E-state index in [4.69, 9.17) is 13.9 Å². The van der Waals surface area contributed by atoms with Crippen molar-refractivity contribution in [2.45, 2.75) is 46.1 Å². The quantitative estimate of drug-likeness (QED) is 0.125. The largest absolute Gasteiger partial charge is 0.503 e. The molecule has 1 aliphatic rings. The van der Waals surface area contributed by atoms with Gasteiger partial charge in [0.1, 0.15) is 23.0 Å². The van der Waals surface area contributed by atoms with Crippen LogP contribution in [0.3, 0.4) is 0 Å². The lowest BCUT2D eigenvalue weighted by Gasteiger charge is -2.24. The fraction of sp³-hybridized carbons (Fsp3) is 0.310. The molecule has 0 spiro atoms. The number of esters is 1. The van der Waals surface area contributed by atoms with Crippen LogP contribution in [-0.4, -0.2) is 41.0 Å². The number of amides is 1. The van der Waals surface area contributed by atoms with Crippen molar-refractivity contribution in [2.24, 2.45) is 0 Å². The summed E-state index contributed by atoms with van der Waals surface area (Å²) in [6, 6.07) is 9.10. The van der Waals surface area contributed by atoms with Crippen molar-refractivity contribution < 1.29 is 33.4 Å². The molecule has 0 fully saturated rings. The third-order valence-electron chi connectivity index (χ3n) is 6.12. The van der Waals surface area contributed by atoms with Crippen molar-refractivity contribution in [2.75, 3.05) is 18.1 Å². The summed E-state index contributed by atoms with van der Waals surface area (Å²) >= 11 is 0.938. The normalized spacial score (nSPS) is 15.1. The van der Waals surface area contributed by atoms with E-state index in [0.29, 0.717) is 29.4 Å². The number of aliphatic hydroxyl groups excluding tert-OH is 1. The number of carbonyl (C=O) groups excluding carboxylic acids is 3. The van der Waals surface area contributed by atoms with Crippen molar-refractivity contribution in [1.29, 1.82) is 0 Å². The first-order valence-electron chi connectivity index (χ1n) is 12.6. The number of thiazole rings is 1. The van der Waals surface area contributed by atoms with Crippen molar-refractivity contribution >= 4 is 34.1 Å². The van der Waals surface area contributed by atoms with Crippen LogP contribution in [0.4, 0.5) is 5.13 Å². The number of aromatic nitrogens is 1. The third-order valence-corrected chi connectivity index (χ3v) is 7.25. The van der Waals surface area contributed by atoms with Gasteiger partial charge in [0.25, 0.3) is 5.91 Å². The predicted molar refractivity (Wildman–Crippen MR) is 146 cm³/mol. The minimum atomic E-state index is -1.04. The van der Waals surface area contributed by atoms with Crippen LogP contribution in [-0.2, 0) is 9.53 Å². The summed E-state index contributed by atoms with van der Waals surface area (Å²) in [5, 5.41) is 11.1. The van der Waals surface area contributed by atoms with Gasteiger partial charge in [0.05, 0.1) is 23.9 Å². The van der Waals surface area contributed by atoms with Gasteiger partial charge < -0.3 is 19.0 Å². The van der Waals surface area contributed by atoms with Crippen LogP contribution in [0.1, 0.15) is 69.5 Å². The number of anilines is 1. The number of aliphatic hydroxyl groups is 1. The molecule has 1 N–H and O–H groups in total. The van der Waals surface area contributed by atoms with Gasteiger partial charge in [-0.1, -0.05) is 55.9 Å². The summed E-state index contributed by atoms with van der Waals surface area (Å²) in [5.74, 6) is -1.71. The molecule has 4 rings (SSSR count). The molecule has 0 saturated heterocycles. The number of nitrogens with zero attached hydrogens (tertiary/aromatic N) is 2. The Balaban J connectivity index is 1.78. The molecule has 1 aliphatic heterocycles. The summed E-state index contributed by atoms with van der Waals surface area (Å²) in [7, 11) is 0. The number of ether oxygens (including phenoxy) is 2. The van der Waals surface area contributed by atoms with Crippen molar-refractivity contribution in [1.82, 2.24) is 4.98 Å². The number of benzene rings is 1. The number of aryl methyl sites for hydroxylation is 2. The highest BCUT2D eigenvalue weighted by Gasteiger charge is 2.47. The van der Waals surface area contributed by atoms with E-state index in [0.717, 1.165) is 30.6 Å². The number of carbonyl (C=O) groups is 3. The van der Waals surface area contributed by atoms with E-state index in [9.17, 15) is 19.5 Å². The van der Waals surface area contributed by atoms with Gasteiger partial charge in [-0.3, -0.25) is 14.5 Å². The number of unbranched alkanes of at least 4 members (excludes halogenated alkanes) is 2. The van der Waals surface area contributed by atoms with E-state index in [1.54, 1.807) is 44.2 Å². The molecule has 1 aromatic carbocycles. The van der Waals surface area contributed by atoms with Crippen molar-refractivity contribution in [3.63, 3.8) is 0 Å². The van der Waals surface area contributed by atoms with Gasteiger partial charge >= 0.3 is 5.97 Å². The average Bonchev–Trinajstić information content (AvgIpc) is 3.60. The highest BCUT2D eigenvalue weighted by atomic mass is 32.1. The molecule has 0 saturated carbocycles. The molecular formula is C29H30N2O7S. The summed E-state index contributed by atoms with van der Waals surface area (Å²) in [6.45, 7) is 9.50. The van der Waals surface area contributed by atoms with Crippen LogP contribution >= 0.6 is 11.3 Å². The second-order valence-electron chi connectivity index (χ2n) is 9.01. The van der Waals surface area contributed by atoms with E-state index < -0.39 is 29.5 Å². The maximum atomic E-state index is 13.6. The second kappa shape index (κ2) is 12.1. The summed E-state index contributed by atoms with van der Waals surface area (Å²) in [4.78, 5) is 45.5. The molecule has 1 atom stereocenters. The number of hydrogen-bond donors (Lipinski definition) is 1. The first-order chi connectivity index (χ1) is 18.8. The number of hydrogen-bond acceptors (Lipinski definition) is 9. The minimum Gasteiger partial charge on any atom is -0.503 e. The Morgan fingerprint density at radius 3 is 2.72 bits per heavy atom. The molecule has 9 nitrogen and oxygen atoms in total. The molecule has 0 aliphatic carbocycles. The zero-order valence-electron chi connectivity index (χ0n) is 22.1. The van der Waals surface area contributed by atoms with Crippen LogP contribution in [0.25, 0.3) is 0 Å². The van der Waals surface area contributed by atoms with Crippen molar-refractivity contribution in [3.05, 3.63) is 88.0 Å². The smallest absolute Gasteiger partial charge is 0.350 e. The standard InChI is InChI=1S/C29H30N2O7S/c1-5-7-8-15-36-20-11-9-10-19(16-20)23-22(24(32)21-13-12-17(3)38-21)25(33)27(34)31(23)29-30-18(4)26(39-29)28(35)37-14-6-2/h6,9-13,16,23,33H,2,5,7-8,14-15H2,1,3-4H3. The molecule has 3 aromatic rings. The van der Waals surface area contributed by atoms with E-state index >= 15 is 0 Å². The lowest BCUT2D eigenvalue weighted by atomic mass is 9.95. The van der Waals surface area contributed by atoms with E-state index in [-0.39, 0.29) is 27.9 Å². The molecule has 204 valence electrons. The van der Waals surface area contributed by atoms with Gasteiger partial charge in [-0.15, -0.1) is 0 Å². The minimum absolute atomic E-state index is 0.00955. The highest BCUT2D eigenvalue weighted by molar-refractivity contribution is 7.17. The first kappa shape index (κ1) is 27.8. The maximum absolute atomic E-state index is 13.6. The number of ketones is 1. The molecule has 3 heterocycles. The molecular weight excluding hydrogens is 520 g/mol. The Kier molecular flexibility index (Phi) is 8.65. The van der Waals surface area contributed by atoms with Gasteiger partial charge in [-0.05, 0) is 50.1 Å². The highest BCUT2D eigenvalue weighted by Crippen LogP contribution is 2.44. The predicted octanol–water partition coefficient (Wildman–Crippen LogP) is 6.05. The molecule has 0 radical (unpaired) electrons. The van der Waals surface area contributed by atoms with Crippen LogP contribution in [0.15, 0.2) is 64.8 Å². The Bertz CT molecular complexity index is 1430. The molecule has 10 heteroatoms. The first-order valence-corrected chi connectivity index (χ1v) is 13.4. The SMILES string of the molecule is C=CCOC(=O)c1sc(N2C(=O)C(O)=C(C(=O)c3ccc(C)o3)C2c2cccc(OCCCCC)c2)nc1C. The Labute approximate surface area is 230 Å². The third kappa shape index (κ3) is 5.80. The Morgan fingerprint density at radius 2 is 2.03 bits per heavy atom. The molecule has 2 aromatic heterocycles. The topological polar surface area (TPSA) is 119 Å². The van der Waals surface area contributed by atoms with Gasteiger partial charge in [-0.2, -0.15) is 0 Å². The summed E-state index contributed by atoms with van der Waals surface area (Å²) in [5.41, 5.74) is 0.723. The van der Waals surface area contributed by atoms with Crippen molar-refractivity contribution in [3.8, 4) is 5.75 Å². The Hall–Kier alpha value is -4.18. The number of rotatable bonds is 12. The fourth-order valence-electron chi connectivity index (χ4n) is 4.23. The fourth-order valence-corrected chi connectivity index (χ4v) is 5.22. The van der Waals surface area contributed by atoms with Gasteiger partial charge in [0.2, 0.25) is 5.78 Å². The molecule has 39 heavy (non-hydrogen) atoms. The van der Waals surface area contributed by atoms with E-state index in [1.807, 2.05) is 0 Å². The lowest BCUT2D eigenvalue weighted by molar-refractivity contribution is -0.117. The van der Waals surface area contributed by atoms with Crippen LogP contribution in [0, 0.1) is 13.8 Å².